The summed E-state index contributed by atoms with van der Waals surface area (Å²) in [7, 11) is 0. The number of hydrogen-bond acceptors (Lipinski definition) is 4. The third-order valence-corrected chi connectivity index (χ3v) is 2.94. The van der Waals surface area contributed by atoms with Crippen LogP contribution in [0, 0.1) is 0 Å². The second-order valence-corrected chi connectivity index (χ2v) is 4.26. The molecule has 0 aromatic heterocycles. The maximum atomic E-state index is 11.8. The van der Waals surface area contributed by atoms with Gasteiger partial charge in [-0.05, 0) is 12.1 Å². The molecule has 0 aliphatic carbocycles. The van der Waals surface area contributed by atoms with Crippen molar-refractivity contribution in [2.45, 2.75) is 0 Å². The Balaban J connectivity index is 1.81. The zero-order valence-corrected chi connectivity index (χ0v) is 10.4. The number of rotatable bonds is 4. The van der Waals surface area contributed by atoms with Crippen LogP contribution in [0.15, 0.2) is 43.0 Å². The summed E-state index contributed by atoms with van der Waals surface area (Å²) < 4.78 is 0. The summed E-state index contributed by atoms with van der Waals surface area (Å²) in [4.78, 5) is 19.4. The lowest BCUT2D eigenvalue weighted by atomic mass is 10.2. The van der Waals surface area contributed by atoms with Gasteiger partial charge in [0.25, 0.3) is 0 Å². The molecule has 0 unspecified atom stereocenters. The van der Waals surface area contributed by atoms with Crippen molar-refractivity contribution in [2.75, 3.05) is 32.7 Å². The molecular formula is C14H18N2O2. The normalized spacial score (nSPS) is 17.3. The maximum absolute atomic E-state index is 11.8. The molecule has 0 bridgehead atoms. The molecule has 1 aliphatic rings. The van der Waals surface area contributed by atoms with Crippen molar-refractivity contribution < 1.29 is 9.63 Å². The van der Waals surface area contributed by atoms with Crippen LogP contribution in [0.25, 0.3) is 0 Å². The molecule has 4 nitrogen and oxygen atoms in total. The molecule has 0 N–H and O–H groups in total. The standard InChI is InChI=1S/C14H18N2O2/c1-2-8-15-9-11-16(12-10-15)18-14(17)13-6-4-3-5-7-13/h2-7H,1,8-12H2. The first-order chi connectivity index (χ1) is 8.79. The zero-order valence-electron chi connectivity index (χ0n) is 10.4. The van der Waals surface area contributed by atoms with Gasteiger partial charge in [-0.3, -0.25) is 4.90 Å². The number of benzene rings is 1. The summed E-state index contributed by atoms with van der Waals surface area (Å²) in [5.74, 6) is -0.284. The van der Waals surface area contributed by atoms with Crippen LogP contribution in [0.5, 0.6) is 0 Å². The van der Waals surface area contributed by atoms with Crippen molar-refractivity contribution in [1.29, 1.82) is 0 Å². The first kappa shape index (κ1) is 12.8. The molecule has 2 rings (SSSR count). The minimum absolute atomic E-state index is 0.284. The second kappa shape index (κ2) is 6.33. The van der Waals surface area contributed by atoms with E-state index in [4.69, 9.17) is 4.84 Å². The fraction of sp³-hybridized carbons (Fsp3) is 0.357. The Hall–Kier alpha value is -1.65. The SMILES string of the molecule is C=CCN1CCN(OC(=O)c2ccccc2)CC1. The topological polar surface area (TPSA) is 32.8 Å². The summed E-state index contributed by atoms with van der Waals surface area (Å²) in [5.41, 5.74) is 0.589. The van der Waals surface area contributed by atoms with E-state index in [1.54, 1.807) is 17.2 Å². The van der Waals surface area contributed by atoms with Crippen LogP contribution in [-0.2, 0) is 4.84 Å². The van der Waals surface area contributed by atoms with Crippen molar-refractivity contribution in [2.24, 2.45) is 0 Å². The molecule has 1 aromatic carbocycles. The van der Waals surface area contributed by atoms with Crippen LogP contribution < -0.4 is 0 Å². The Bertz CT molecular complexity index is 398. The minimum Gasteiger partial charge on any atom is -0.364 e. The van der Waals surface area contributed by atoms with Gasteiger partial charge in [0.2, 0.25) is 0 Å². The van der Waals surface area contributed by atoms with E-state index < -0.39 is 0 Å². The average molecular weight is 246 g/mol. The fourth-order valence-corrected chi connectivity index (χ4v) is 1.93. The Morgan fingerprint density at radius 1 is 1.22 bits per heavy atom. The van der Waals surface area contributed by atoms with Crippen LogP contribution in [0.2, 0.25) is 0 Å². The molecule has 0 radical (unpaired) electrons. The van der Waals surface area contributed by atoms with Crippen LogP contribution in [0.4, 0.5) is 0 Å². The Morgan fingerprint density at radius 2 is 1.89 bits per heavy atom. The van der Waals surface area contributed by atoms with Gasteiger partial charge in [0.1, 0.15) is 0 Å². The fourth-order valence-electron chi connectivity index (χ4n) is 1.93. The molecule has 1 aromatic rings. The Kier molecular flexibility index (Phi) is 4.50. The highest BCUT2D eigenvalue weighted by molar-refractivity contribution is 5.89. The first-order valence-electron chi connectivity index (χ1n) is 6.15. The van der Waals surface area contributed by atoms with E-state index in [0.29, 0.717) is 5.56 Å². The van der Waals surface area contributed by atoms with Crippen molar-refractivity contribution >= 4 is 5.97 Å². The van der Waals surface area contributed by atoms with Crippen molar-refractivity contribution in [3.05, 3.63) is 48.6 Å². The molecule has 96 valence electrons. The van der Waals surface area contributed by atoms with Gasteiger partial charge >= 0.3 is 5.97 Å². The van der Waals surface area contributed by atoms with Crippen molar-refractivity contribution in [3.8, 4) is 0 Å². The number of hydroxylamine groups is 2. The molecule has 0 atom stereocenters. The monoisotopic (exact) mass is 246 g/mol. The van der Waals surface area contributed by atoms with Gasteiger partial charge in [-0.25, -0.2) is 4.79 Å². The molecule has 4 heteroatoms. The predicted molar refractivity (Wildman–Crippen MR) is 70.1 cm³/mol. The van der Waals surface area contributed by atoms with E-state index in [0.717, 1.165) is 32.7 Å². The Labute approximate surface area is 107 Å². The highest BCUT2D eigenvalue weighted by atomic mass is 16.7. The lowest BCUT2D eigenvalue weighted by molar-refractivity contribution is -0.129. The number of piperazine rings is 1. The molecule has 1 aliphatic heterocycles. The largest absolute Gasteiger partial charge is 0.364 e. The third kappa shape index (κ3) is 3.42. The van der Waals surface area contributed by atoms with E-state index in [9.17, 15) is 4.79 Å². The number of nitrogens with zero attached hydrogens (tertiary/aromatic N) is 2. The Morgan fingerprint density at radius 3 is 2.50 bits per heavy atom. The highest BCUT2D eigenvalue weighted by Crippen LogP contribution is 2.06. The van der Waals surface area contributed by atoms with Gasteiger partial charge in [-0.15, -0.1) is 11.6 Å². The molecule has 1 heterocycles. The van der Waals surface area contributed by atoms with Crippen LogP contribution >= 0.6 is 0 Å². The molecule has 0 amide bonds. The van der Waals surface area contributed by atoms with E-state index in [1.807, 2.05) is 24.3 Å². The summed E-state index contributed by atoms with van der Waals surface area (Å²) in [6.45, 7) is 7.89. The molecule has 1 fully saturated rings. The number of carbonyl (C=O) groups is 1. The molecule has 0 spiro atoms. The number of carbonyl (C=O) groups excluding carboxylic acids is 1. The average Bonchev–Trinajstić information content (AvgIpc) is 2.42. The van der Waals surface area contributed by atoms with Crippen LogP contribution in [-0.4, -0.2) is 48.7 Å². The van der Waals surface area contributed by atoms with Gasteiger partial charge in [0, 0.05) is 32.7 Å². The highest BCUT2D eigenvalue weighted by Gasteiger charge is 2.19. The van der Waals surface area contributed by atoms with Gasteiger partial charge in [0.15, 0.2) is 0 Å². The summed E-state index contributed by atoms with van der Waals surface area (Å²) in [5, 5.41) is 1.73. The summed E-state index contributed by atoms with van der Waals surface area (Å²) >= 11 is 0. The number of hydrogen-bond donors (Lipinski definition) is 0. The van der Waals surface area contributed by atoms with Crippen molar-refractivity contribution in [1.82, 2.24) is 9.96 Å². The van der Waals surface area contributed by atoms with Crippen LogP contribution in [0.3, 0.4) is 0 Å². The summed E-state index contributed by atoms with van der Waals surface area (Å²) in [6, 6.07) is 9.06. The molecular weight excluding hydrogens is 228 g/mol. The zero-order chi connectivity index (χ0) is 12.8. The minimum atomic E-state index is -0.284. The predicted octanol–water partition coefficient (Wildman–Crippen LogP) is 1.56. The summed E-state index contributed by atoms with van der Waals surface area (Å²) in [6.07, 6.45) is 1.89. The molecule has 0 saturated carbocycles. The van der Waals surface area contributed by atoms with Gasteiger partial charge in [-0.1, -0.05) is 24.3 Å². The molecule has 18 heavy (non-hydrogen) atoms. The van der Waals surface area contributed by atoms with Crippen molar-refractivity contribution in [3.63, 3.8) is 0 Å². The van der Waals surface area contributed by atoms with E-state index in [-0.39, 0.29) is 5.97 Å². The van der Waals surface area contributed by atoms with E-state index >= 15 is 0 Å². The molecule has 1 saturated heterocycles. The first-order valence-corrected chi connectivity index (χ1v) is 6.15. The maximum Gasteiger partial charge on any atom is 0.357 e. The van der Waals surface area contributed by atoms with E-state index in [1.165, 1.54) is 0 Å². The van der Waals surface area contributed by atoms with E-state index in [2.05, 4.69) is 11.5 Å². The lowest BCUT2D eigenvalue weighted by Gasteiger charge is -2.32. The van der Waals surface area contributed by atoms with Gasteiger partial charge in [0.05, 0.1) is 5.56 Å². The van der Waals surface area contributed by atoms with Gasteiger partial charge in [-0.2, -0.15) is 0 Å². The lowest BCUT2D eigenvalue weighted by Crippen LogP contribution is -2.46. The van der Waals surface area contributed by atoms with Gasteiger partial charge < -0.3 is 4.84 Å². The second-order valence-electron chi connectivity index (χ2n) is 4.26. The quantitative estimate of drug-likeness (QED) is 0.755. The van der Waals surface area contributed by atoms with Crippen LogP contribution in [0.1, 0.15) is 10.4 Å². The third-order valence-electron chi connectivity index (χ3n) is 2.94. The smallest absolute Gasteiger partial charge is 0.357 e.